The number of hydrogen-bond donors (Lipinski definition) is 0. The SMILES string of the molecule is CC(=S)CC1CCN(S(C)(=O)=O)CC1. The van der Waals surface area contributed by atoms with Gasteiger partial charge < -0.3 is 0 Å². The third-order valence-corrected chi connectivity index (χ3v) is 4.09. The summed E-state index contributed by atoms with van der Waals surface area (Å²) in [7, 11) is -2.98. The Bertz CT molecular complexity index is 303. The van der Waals surface area contributed by atoms with Gasteiger partial charge in [-0.3, -0.25) is 0 Å². The van der Waals surface area contributed by atoms with E-state index in [9.17, 15) is 8.42 Å². The van der Waals surface area contributed by atoms with E-state index in [4.69, 9.17) is 12.2 Å². The second kappa shape index (κ2) is 4.68. The Morgan fingerprint density at radius 3 is 2.29 bits per heavy atom. The van der Waals surface area contributed by atoms with Crippen molar-refractivity contribution in [3.63, 3.8) is 0 Å². The van der Waals surface area contributed by atoms with E-state index in [0.717, 1.165) is 24.1 Å². The van der Waals surface area contributed by atoms with Crippen molar-refractivity contribution in [2.45, 2.75) is 26.2 Å². The van der Waals surface area contributed by atoms with E-state index in [1.165, 1.54) is 6.26 Å². The Balaban J connectivity index is 2.43. The van der Waals surface area contributed by atoms with Crippen LogP contribution in [0.1, 0.15) is 26.2 Å². The molecule has 82 valence electrons. The lowest BCUT2D eigenvalue weighted by Crippen LogP contribution is -2.37. The average Bonchev–Trinajstić information content (AvgIpc) is 2.02. The maximum atomic E-state index is 11.2. The van der Waals surface area contributed by atoms with Gasteiger partial charge in [0, 0.05) is 13.1 Å². The minimum Gasteiger partial charge on any atom is -0.213 e. The van der Waals surface area contributed by atoms with Gasteiger partial charge in [0.05, 0.1) is 6.26 Å². The van der Waals surface area contributed by atoms with Gasteiger partial charge in [0.25, 0.3) is 0 Å². The van der Waals surface area contributed by atoms with Crippen molar-refractivity contribution in [1.82, 2.24) is 4.31 Å². The van der Waals surface area contributed by atoms with Crippen LogP contribution in [0, 0.1) is 5.92 Å². The smallest absolute Gasteiger partial charge is 0.211 e. The summed E-state index contributed by atoms with van der Waals surface area (Å²) in [4.78, 5) is 1.03. The summed E-state index contributed by atoms with van der Waals surface area (Å²) in [5.41, 5.74) is 0. The lowest BCUT2D eigenvalue weighted by atomic mass is 9.93. The van der Waals surface area contributed by atoms with Crippen LogP contribution >= 0.6 is 12.2 Å². The highest BCUT2D eigenvalue weighted by molar-refractivity contribution is 7.88. The summed E-state index contributed by atoms with van der Waals surface area (Å²) in [6.45, 7) is 3.27. The predicted octanol–water partition coefficient (Wildman–Crippen LogP) is 1.44. The number of sulfonamides is 1. The maximum absolute atomic E-state index is 11.2. The molecule has 1 heterocycles. The van der Waals surface area contributed by atoms with Crippen LogP contribution in [-0.4, -0.2) is 36.9 Å². The monoisotopic (exact) mass is 235 g/mol. The molecule has 0 unspecified atom stereocenters. The summed E-state index contributed by atoms with van der Waals surface area (Å²) >= 11 is 5.05. The first-order valence-corrected chi connectivity index (χ1v) is 7.10. The standard InChI is InChI=1S/C9H17NO2S2/c1-8(13)7-9-3-5-10(6-4-9)14(2,11)12/h9H,3-7H2,1-2H3. The molecular formula is C9H17NO2S2. The van der Waals surface area contributed by atoms with Crippen molar-refractivity contribution >= 4 is 27.1 Å². The molecule has 0 atom stereocenters. The predicted molar refractivity (Wildman–Crippen MR) is 62.0 cm³/mol. The number of nitrogens with zero attached hydrogens (tertiary/aromatic N) is 1. The molecule has 0 aromatic rings. The van der Waals surface area contributed by atoms with Crippen LogP contribution in [0.2, 0.25) is 0 Å². The Hall–Kier alpha value is -0.0000000000000000555. The van der Waals surface area contributed by atoms with E-state index >= 15 is 0 Å². The van der Waals surface area contributed by atoms with Gasteiger partial charge >= 0.3 is 0 Å². The third kappa shape index (κ3) is 3.63. The molecule has 0 saturated carbocycles. The first-order chi connectivity index (χ1) is 6.39. The fourth-order valence-electron chi connectivity index (χ4n) is 1.85. The zero-order valence-corrected chi connectivity index (χ0v) is 10.3. The van der Waals surface area contributed by atoms with Gasteiger partial charge in [0.1, 0.15) is 0 Å². The second-order valence-electron chi connectivity index (χ2n) is 4.01. The topological polar surface area (TPSA) is 37.4 Å². The van der Waals surface area contributed by atoms with Gasteiger partial charge in [0.15, 0.2) is 0 Å². The zero-order chi connectivity index (χ0) is 10.8. The number of piperidine rings is 1. The third-order valence-electron chi connectivity index (χ3n) is 2.62. The largest absolute Gasteiger partial charge is 0.213 e. The van der Waals surface area contributed by atoms with E-state index in [1.54, 1.807) is 4.31 Å². The van der Waals surface area contributed by atoms with Crippen LogP contribution in [0.4, 0.5) is 0 Å². The first-order valence-electron chi connectivity index (χ1n) is 4.84. The van der Waals surface area contributed by atoms with E-state index < -0.39 is 10.0 Å². The highest BCUT2D eigenvalue weighted by Crippen LogP contribution is 2.22. The fraction of sp³-hybridized carbons (Fsp3) is 0.889. The Morgan fingerprint density at radius 2 is 1.93 bits per heavy atom. The second-order valence-corrected chi connectivity index (χ2v) is 6.69. The van der Waals surface area contributed by atoms with Gasteiger partial charge in [-0.15, -0.1) is 0 Å². The number of hydrogen-bond acceptors (Lipinski definition) is 3. The molecule has 1 aliphatic heterocycles. The van der Waals surface area contributed by atoms with Crippen LogP contribution in [0.15, 0.2) is 0 Å². The summed E-state index contributed by atoms with van der Waals surface area (Å²) in [5, 5.41) is 0. The molecular weight excluding hydrogens is 218 g/mol. The van der Waals surface area contributed by atoms with Crippen molar-refractivity contribution in [2.75, 3.05) is 19.3 Å². The summed E-state index contributed by atoms with van der Waals surface area (Å²) in [6, 6.07) is 0. The minimum absolute atomic E-state index is 0.588. The number of thiocarbonyl (C=S) groups is 1. The highest BCUT2D eigenvalue weighted by atomic mass is 32.2. The van der Waals surface area contributed by atoms with Crippen LogP contribution < -0.4 is 0 Å². The first kappa shape index (κ1) is 12.1. The molecule has 0 bridgehead atoms. The van der Waals surface area contributed by atoms with Gasteiger partial charge in [-0.2, -0.15) is 0 Å². The quantitative estimate of drug-likeness (QED) is 0.695. The van der Waals surface area contributed by atoms with Gasteiger partial charge in [-0.05, 0) is 37.0 Å². The molecule has 1 rings (SSSR count). The average molecular weight is 235 g/mol. The lowest BCUT2D eigenvalue weighted by Gasteiger charge is -2.29. The van der Waals surface area contributed by atoms with E-state index in [-0.39, 0.29) is 0 Å². The maximum Gasteiger partial charge on any atom is 0.211 e. The molecule has 1 fully saturated rings. The van der Waals surface area contributed by atoms with Crippen molar-refractivity contribution in [3.8, 4) is 0 Å². The minimum atomic E-state index is -2.98. The molecule has 0 spiro atoms. The molecule has 0 radical (unpaired) electrons. The van der Waals surface area contributed by atoms with Crippen molar-refractivity contribution in [3.05, 3.63) is 0 Å². The van der Waals surface area contributed by atoms with Crippen molar-refractivity contribution in [2.24, 2.45) is 5.92 Å². The lowest BCUT2D eigenvalue weighted by molar-refractivity contribution is 0.280. The molecule has 3 nitrogen and oxygen atoms in total. The summed E-state index contributed by atoms with van der Waals surface area (Å²) in [6.07, 6.45) is 4.13. The molecule has 1 aliphatic rings. The Kier molecular flexibility index (Phi) is 4.04. The molecule has 0 aromatic heterocycles. The fourth-order valence-corrected chi connectivity index (χ4v) is 2.96. The van der Waals surface area contributed by atoms with Gasteiger partial charge in [0.2, 0.25) is 10.0 Å². The van der Waals surface area contributed by atoms with Crippen LogP contribution in [0.3, 0.4) is 0 Å². The molecule has 0 N–H and O–H groups in total. The summed E-state index contributed by atoms with van der Waals surface area (Å²) in [5.74, 6) is 0.588. The van der Waals surface area contributed by atoms with E-state index in [2.05, 4.69) is 0 Å². The van der Waals surface area contributed by atoms with Gasteiger partial charge in [-0.1, -0.05) is 12.2 Å². The van der Waals surface area contributed by atoms with Crippen LogP contribution in [0.5, 0.6) is 0 Å². The molecule has 1 saturated heterocycles. The molecule has 5 heteroatoms. The highest BCUT2D eigenvalue weighted by Gasteiger charge is 2.24. The Morgan fingerprint density at radius 1 is 1.43 bits per heavy atom. The van der Waals surface area contributed by atoms with Crippen molar-refractivity contribution in [1.29, 1.82) is 0 Å². The normalized spacial score (nSPS) is 21.0. The van der Waals surface area contributed by atoms with E-state index in [0.29, 0.717) is 19.0 Å². The zero-order valence-electron chi connectivity index (χ0n) is 8.69. The Labute approximate surface area is 91.5 Å². The molecule has 0 aromatic carbocycles. The van der Waals surface area contributed by atoms with Crippen LogP contribution in [0.25, 0.3) is 0 Å². The van der Waals surface area contributed by atoms with Crippen molar-refractivity contribution < 1.29 is 8.42 Å². The summed E-state index contributed by atoms with van der Waals surface area (Å²) < 4.78 is 24.0. The molecule has 14 heavy (non-hydrogen) atoms. The number of rotatable bonds is 3. The van der Waals surface area contributed by atoms with E-state index in [1.807, 2.05) is 6.92 Å². The molecule has 0 amide bonds. The van der Waals surface area contributed by atoms with Crippen LogP contribution in [-0.2, 0) is 10.0 Å². The molecule has 0 aliphatic carbocycles. The van der Waals surface area contributed by atoms with Gasteiger partial charge in [-0.25, -0.2) is 12.7 Å².